The normalized spacial score (nSPS) is 10.5. The molecule has 2 N–H and O–H groups in total. The molecule has 0 amide bonds. The number of carbonyl (C=O) groups is 2. The molecule has 0 aliphatic heterocycles. The average Bonchev–Trinajstić information content (AvgIpc) is 2.26. The summed E-state index contributed by atoms with van der Waals surface area (Å²) in [5.74, 6) is -2.30. The maximum absolute atomic E-state index is 11.4. The summed E-state index contributed by atoms with van der Waals surface area (Å²) in [6.45, 7) is 1.34. The number of esters is 1. The fraction of sp³-hybridized carbons (Fsp3) is 0.200. The molecule has 0 aliphatic rings. The van der Waals surface area contributed by atoms with Gasteiger partial charge in [0.25, 0.3) is 10.1 Å². The molecule has 0 bridgehead atoms. The van der Waals surface area contributed by atoms with Crippen LogP contribution in [-0.4, -0.2) is 66.7 Å². The number of hydrogen-bond acceptors (Lipinski definition) is 5. The summed E-state index contributed by atoms with van der Waals surface area (Å²) in [5.41, 5.74) is -0.572. The van der Waals surface area contributed by atoms with E-state index in [4.69, 9.17) is 9.66 Å². The van der Waals surface area contributed by atoms with Crippen molar-refractivity contribution in [3.05, 3.63) is 28.8 Å². The van der Waals surface area contributed by atoms with Crippen LogP contribution >= 0.6 is 0 Å². The third kappa shape index (κ3) is 4.02. The molecule has 0 spiro atoms. The quantitative estimate of drug-likeness (QED) is 0.461. The number of aromatic carboxylic acids is 1. The molecule has 100 valence electrons. The molecule has 0 atom stereocenters. The first-order chi connectivity index (χ1) is 8.18. The average molecular weight is 298 g/mol. The van der Waals surface area contributed by atoms with Gasteiger partial charge in [-0.05, 0) is 24.6 Å². The summed E-state index contributed by atoms with van der Waals surface area (Å²) >= 11 is 0. The predicted molar refractivity (Wildman–Crippen MR) is 66.4 cm³/mol. The number of carboxylic acids is 1. The van der Waals surface area contributed by atoms with Crippen LogP contribution in [0.25, 0.3) is 0 Å². The second kappa shape index (κ2) is 6.49. The fourth-order valence-electron chi connectivity index (χ4n) is 1.38. The third-order valence-electron chi connectivity index (χ3n) is 2.31. The minimum absolute atomic E-state index is 0. The number of benzene rings is 1. The van der Waals surface area contributed by atoms with Crippen LogP contribution in [0.15, 0.2) is 17.0 Å². The van der Waals surface area contributed by atoms with E-state index in [0.29, 0.717) is 0 Å². The van der Waals surface area contributed by atoms with Gasteiger partial charge in [0, 0.05) is 0 Å². The van der Waals surface area contributed by atoms with Crippen LogP contribution in [0.4, 0.5) is 0 Å². The Labute approximate surface area is 131 Å². The van der Waals surface area contributed by atoms with Crippen LogP contribution in [0.2, 0.25) is 0 Å². The molecule has 9 heteroatoms. The van der Waals surface area contributed by atoms with Crippen molar-refractivity contribution in [2.24, 2.45) is 0 Å². The molecule has 0 heterocycles. The van der Waals surface area contributed by atoms with Crippen molar-refractivity contribution in [2.75, 3.05) is 7.11 Å². The maximum atomic E-state index is 11.4. The Bertz CT molecular complexity index is 621. The molecule has 7 nitrogen and oxygen atoms in total. The van der Waals surface area contributed by atoms with E-state index >= 15 is 0 Å². The van der Waals surface area contributed by atoms with Gasteiger partial charge in [-0.1, -0.05) is 0 Å². The van der Waals surface area contributed by atoms with Gasteiger partial charge in [-0.15, -0.1) is 0 Å². The summed E-state index contributed by atoms with van der Waals surface area (Å²) < 4.78 is 35.3. The molecule has 0 aromatic heterocycles. The molecule has 0 fully saturated rings. The topological polar surface area (TPSA) is 118 Å². The zero-order valence-corrected chi connectivity index (χ0v) is 10.3. The van der Waals surface area contributed by atoms with Gasteiger partial charge in [-0.3, -0.25) is 4.55 Å². The molecule has 19 heavy (non-hydrogen) atoms. The van der Waals surface area contributed by atoms with E-state index < -0.39 is 32.5 Å². The number of hydrogen-bond donors (Lipinski definition) is 2. The molecule has 1 aromatic rings. The summed E-state index contributed by atoms with van der Waals surface area (Å²) in [7, 11) is -3.54. The number of methoxy groups -OCH3 is 1. The van der Waals surface area contributed by atoms with Gasteiger partial charge >= 0.3 is 41.5 Å². The van der Waals surface area contributed by atoms with Gasteiger partial charge in [0.1, 0.15) is 0 Å². The molecule has 0 saturated carbocycles. The monoisotopic (exact) mass is 298 g/mol. The number of carboxylic acid groups (broad SMARTS) is 1. The van der Waals surface area contributed by atoms with Crippen molar-refractivity contribution in [1.82, 2.24) is 0 Å². The van der Waals surface area contributed by atoms with Crippen molar-refractivity contribution in [1.29, 1.82) is 0 Å². The zero-order chi connectivity index (χ0) is 14.1. The minimum atomic E-state index is -4.61. The SMILES string of the molecule is COC(=O)c1cc(S(=O)(=O)O)cc(C(=O)O)c1C.[NaH]. The molecule has 0 unspecified atom stereocenters. The van der Waals surface area contributed by atoms with E-state index in [1.807, 2.05) is 0 Å². The van der Waals surface area contributed by atoms with Gasteiger partial charge in [0.05, 0.1) is 23.1 Å². The molecular weight excluding hydrogens is 287 g/mol. The van der Waals surface area contributed by atoms with Crippen molar-refractivity contribution in [3.8, 4) is 0 Å². The van der Waals surface area contributed by atoms with Crippen LogP contribution in [0.1, 0.15) is 26.3 Å². The van der Waals surface area contributed by atoms with Crippen molar-refractivity contribution in [2.45, 2.75) is 11.8 Å². The van der Waals surface area contributed by atoms with E-state index in [1.54, 1.807) is 0 Å². The second-order valence-corrected chi connectivity index (χ2v) is 4.84. The number of ether oxygens (including phenoxy) is 1. The molecule has 0 radical (unpaired) electrons. The molecule has 0 saturated heterocycles. The van der Waals surface area contributed by atoms with Crippen LogP contribution in [0, 0.1) is 6.92 Å². The summed E-state index contributed by atoms with van der Waals surface area (Å²) in [4.78, 5) is 21.7. The van der Waals surface area contributed by atoms with E-state index in [-0.39, 0.29) is 40.7 Å². The van der Waals surface area contributed by atoms with Crippen molar-refractivity contribution < 1.29 is 32.4 Å². The van der Waals surface area contributed by atoms with E-state index in [1.165, 1.54) is 6.92 Å². The Balaban J connectivity index is 0.00000324. The third-order valence-corrected chi connectivity index (χ3v) is 3.15. The van der Waals surface area contributed by atoms with E-state index in [9.17, 15) is 18.0 Å². The summed E-state index contributed by atoms with van der Waals surface area (Å²) in [6.07, 6.45) is 0. The molecule has 1 aromatic carbocycles. The standard InChI is InChI=1S/C10H10O7S.Na.H/c1-5-7(9(11)12)3-6(18(14,15)16)4-8(5)10(13)17-2;;/h3-4H,1-2H3,(H,11,12)(H,14,15,16);;. The van der Waals surface area contributed by atoms with Gasteiger partial charge in [0.15, 0.2) is 0 Å². The summed E-state index contributed by atoms with van der Waals surface area (Å²) in [5, 5.41) is 8.91. The summed E-state index contributed by atoms with van der Waals surface area (Å²) in [6, 6.07) is 1.64. The van der Waals surface area contributed by atoms with Gasteiger partial charge in [-0.2, -0.15) is 8.42 Å². The first-order valence-corrected chi connectivity index (χ1v) is 6.06. The Hall–Kier alpha value is -0.930. The Morgan fingerprint density at radius 3 is 2.05 bits per heavy atom. The van der Waals surface area contributed by atoms with Crippen LogP contribution in [-0.2, 0) is 14.9 Å². The van der Waals surface area contributed by atoms with E-state index in [2.05, 4.69) is 4.74 Å². The molecule has 0 aliphatic carbocycles. The first kappa shape index (κ1) is 18.1. The van der Waals surface area contributed by atoms with Crippen LogP contribution < -0.4 is 0 Å². The van der Waals surface area contributed by atoms with Gasteiger partial charge < -0.3 is 9.84 Å². The molecule has 1 rings (SSSR count). The Morgan fingerprint density at radius 1 is 1.21 bits per heavy atom. The second-order valence-electron chi connectivity index (χ2n) is 3.42. The first-order valence-electron chi connectivity index (χ1n) is 4.62. The number of carbonyl (C=O) groups excluding carboxylic acids is 1. The fourth-order valence-corrected chi connectivity index (χ4v) is 1.91. The molecular formula is C10H11NaO7S. The van der Waals surface area contributed by atoms with Gasteiger partial charge in [0.2, 0.25) is 0 Å². The predicted octanol–water partition coefficient (Wildman–Crippen LogP) is 0.0780. The van der Waals surface area contributed by atoms with Crippen molar-refractivity contribution in [3.63, 3.8) is 0 Å². The Kier molecular flexibility index (Phi) is 6.17. The van der Waals surface area contributed by atoms with Crippen LogP contribution in [0.5, 0.6) is 0 Å². The number of rotatable bonds is 3. The zero-order valence-electron chi connectivity index (χ0n) is 9.50. The van der Waals surface area contributed by atoms with E-state index in [0.717, 1.165) is 19.2 Å². The van der Waals surface area contributed by atoms with Crippen LogP contribution in [0.3, 0.4) is 0 Å². The Morgan fingerprint density at radius 2 is 1.68 bits per heavy atom. The van der Waals surface area contributed by atoms with Gasteiger partial charge in [-0.25, -0.2) is 9.59 Å². The van der Waals surface area contributed by atoms with Crippen molar-refractivity contribution >= 4 is 51.6 Å².